The van der Waals surface area contributed by atoms with Gasteiger partial charge >= 0.3 is 0 Å². The minimum Gasteiger partial charge on any atom is -0.369 e. The molecule has 2 aromatic carbocycles. The summed E-state index contributed by atoms with van der Waals surface area (Å²) < 4.78 is 0. The monoisotopic (exact) mass is 405 g/mol. The lowest BCUT2D eigenvalue weighted by atomic mass is 9.95. The Morgan fingerprint density at radius 3 is 2.17 bits per heavy atom. The summed E-state index contributed by atoms with van der Waals surface area (Å²) >= 11 is 0. The third kappa shape index (κ3) is 3.58. The third-order valence-corrected chi connectivity index (χ3v) is 5.83. The van der Waals surface area contributed by atoms with E-state index >= 15 is 0 Å². The van der Waals surface area contributed by atoms with Crippen molar-refractivity contribution in [3.05, 3.63) is 71.3 Å². The minimum absolute atomic E-state index is 0.211. The molecule has 0 radical (unpaired) electrons. The molecule has 2 aliphatic rings. The highest BCUT2D eigenvalue weighted by Gasteiger charge is 2.44. The van der Waals surface area contributed by atoms with Crippen molar-refractivity contribution in [3.63, 3.8) is 0 Å². The third-order valence-electron chi connectivity index (χ3n) is 5.83. The Hall–Kier alpha value is -3.48. The Morgan fingerprint density at radius 1 is 0.967 bits per heavy atom. The molecule has 2 N–H and O–H groups in total. The SMILES string of the molecule is NC(=O)[C@@H]1CCCN(C(=O)[C@@H](Cc2ccccc2)N2C(=O)c3ccccc3C2=O)C1. The number of fused-ring (bicyclic) bond motifs is 1. The van der Waals surface area contributed by atoms with Gasteiger partial charge in [-0.3, -0.25) is 24.1 Å². The largest absolute Gasteiger partial charge is 0.369 e. The van der Waals surface area contributed by atoms with Crippen LogP contribution in [-0.4, -0.2) is 52.6 Å². The molecule has 2 heterocycles. The maximum Gasteiger partial charge on any atom is 0.262 e. The summed E-state index contributed by atoms with van der Waals surface area (Å²) in [7, 11) is 0. The van der Waals surface area contributed by atoms with E-state index in [4.69, 9.17) is 5.73 Å². The Balaban J connectivity index is 1.67. The van der Waals surface area contributed by atoms with Crippen LogP contribution in [0.3, 0.4) is 0 Å². The van der Waals surface area contributed by atoms with Crippen molar-refractivity contribution in [3.8, 4) is 0 Å². The number of imide groups is 1. The number of nitrogens with two attached hydrogens (primary N) is 1. The van der Waals surface area contributed by atoms with E-state index in [1.54, 1.807) is 29.2 Å². The maximum atomic E-state index is 13.5. The summed E-state index contributed by atoms with van der Waals surface area (Å²) in [5, 5.41) is 0. The van der Waals surface area contributed by atoms with Crippen LogP contribution in [0, 0.1) is 5.92 Å². The molecule has 2 aliphatic heterocycles. The molecule has 4 rings (SSSR count). The molecule has 2 aromatic rings. The van der Waals surface area contributed by atoms with Gasteiger partial charge in [-0.15, -0.1) is 0 Å². The number of carbonyl (C=O) groups is 4. The molecule has 154 valence electrons. The number of amides is 4. The molecule has 30 heavy (non-hydrogen) atoms. The van der Waals surface area contributed by atoms with Crippen LogP contribution >= 0.6 is 0 Å². The fourth-order valence-corrected chi connectivity index (χ4v) is 4.24. The van der Waals surface area contributed by atoms with Gasteiger partial charge in [-0.2, -0.15) is 0 Å². The van der Waals surface area contributed by atoms with Crippen molar-refractivity contribution in [2.45, 2.75) is 25.3 Å². The minimum atomic E-state index is -0.980. The van der Waals surface area contributed by atoms with E-state index < -0.39 is 29.7 Å². The van der Waals surface area contributed by atoms with Crippen molar-refractivity contribution in [1.29, 1.82) is 0 Å². The lowest BCUT2D eigenvalue weighted by molar-refractivity contribution is -0.138. The average Bonchev–Trinajstić information content (AvgIpc) is 3.03. The van der Waals surface area contributed by atoms with Crippen LogP contribution in [0.4, 0.5) is 0 Å². The fourth-order valence-electron chi connectivity index (χ4n) is 4.24. The summed E-state index contributed by atoms with van der Waals surface area (Å²) in [6.07, 6.45) is 1.50. The first-order valence-corrected chi connectivity index (χ1v) is 10.1. The molecule has 1 fully saturated rings. The van der Waals surface area contributed by atoms with Gasteiger partial charge in [-0.1, -0.05) is 42.5 Å². The first kappa shape index (κ1) is 19.8. The molecular weight excluding hydrogens is 382 g/mol. The van der Waals surface area contributed by atoms with Gasteiger partial charge in [0.15, 0.2) is 0 Å². The average molecular weight is 405 g/mol. The zero-order valence-electron chi connectivity index (χ0n) is 16.5. The van der Waals surface area contributed by atoms with Gasteiger partial charge in [0.25, 0.3) is 11.8 Å². The highest BCUT2D eigenvalue weighted by atomic mass is 16.2. The van der Waals surface area contributed by atoms with E-state index in [2.05, 4.69) is 0 Å². The number of rotatable bonds is 5. The molecule has 0 saturated carbocycles. The van der Waals surface area contributed by atoms with Crippen LogP contribution < -0.4 is 5.73 Å². The Morgan fingerprint density at radius 2 is 1.57 bits per heavy atom. The summed E-state index contributed by atoms with van der Waals surface area (Å²) in [5.74, 6) is -2.11. The highest BCUT2D eigenvalue weighted by Crippen LogP contribution is 2.28. The topological polar surface area (TPSA) is 101 Å². The number of hydrogen-bond acceptors (Lipinski definition) is 4. The molecule has 7 nitrogen and oxygen atoms in total. The second-order valence-electron chi connectivity index (χ2n) is 7.76. The number of benzene rings is 2. The number of likely N-dealkylation sites (tertiary alicyclic amines) is 1. The molecule has 0 aliphatic carbocycles. The molecule has 0 unspecified atom stereocenters. The lowest BCUT2D eigenvalue weighted by Crippen LogP contribution is -2.55. The van der Waals surface area contributed by atoms with Crippen molar-refractivity contribution in [1.82, 2.24) is 9.80 Å². The summed E-state index contributed by atoms with van der Waals surface area (Å²) in [6, 6.07) is 14.9. The molecule has 4 amide bonds. The van der Waals surface area contributed by atoms with Crippen LogP contribution in [0.2, 0.25) is 0 Å². The first-order chi connectivity index (χ1) is 14.5. The van der Waals surface area contributed by atoms with Gasteiger partial charge in [-0.05, 0) is 30.5 Å². The number of hydrogen-bond donors (Lipinski definition) is 1. The zero-order chi connectivity index (χ0) is 21.3. The second-order valence-corrected chi connectivity index (χ2v) is 7.76. The van der Waals surface area contributed by atoms with E-state index in [1.807, 2.05) is 30.3 Å². The molecule has 0 aromatic heterocycles. The Kier molecular flexibility index (Phi) is 5.35. The second kappa shape index (κ2) is 8.10. The Labute approximate surface area is 174 Å². The lowest BCUT2D eigenvalue weighted by Gasteiger charge is -2.36. The van der Waals surface area contributed by atoms with Gasteiger partial charge in [0.1, 0.15) is 6.04 Å². The number of piperidine rings is 1. The molecular formula is C23H23N3O4. The number of primary amides is 1. The van der Waals surface area contributed by atoms with Gasteiger partial charge in [0.05, 0.1) is 17.0 Å². The van der Waals surface area contributed by atoms with E-state index in [1.165, 1.54) is 0 Å². The van der Waals surface area contributed by atoms with Crippen LogP contribution in [0.5, 0.6) is 0 Å². The van der Waals surface area contributed by atoms with Crippen LogP contribution in [0.15, 0.2) is 54.6 Å². The zero-order valence-corrected chi connectivity index (χ0v) is 16.5. The van der Waals surface area contributed by atoms with Gasteiger partial charge in [0, 0.05) is 19.5 Å². The van der Waals surface area contributed by atoms with Crippen LogP contribution in [0.1, 0.15) is 39.1 Å². The predicted octanol–water partition coefficient (Wildman–Crippen LogP) is 1.62. The van der Waals surface area contributed by atoms with E-state index in [0.29, 0.717) is 30.5 Å². The number of nitrogens with zero attached hydrogens (tertiary/aromatic N) is 2. The van der Waals surface area contributed by atoms with Gasteiger partial charge < -0.3 is 10.6 Å². The molecule has 0 spiro atoms. The van der Waals surface area contributed by atoms with E-state index in [0.717, 1.165) is 10.5 Å². The molecule has 7 heteroatoms. The number of carbonyl (C=O) groups excluding carboxylic acids is 4. The first-order valence-electron chi connectivity index (χ1n) is 10.1. The Bertz CT molecular complexity index is 970. The van der Waals surface area contributed by atoms with Crippen molar-refractivity contribution in [2.75, 3.05) is 13.1 Å². The highest BCUT2D eigenvalue weighted by molar-refractivity contribution is 6.22. The maximum absolute atomic E-state index is 13.5. The van der Waals surface area contributed by atoms with Crippen LogP contribution in [0.25, 0.3) is 0 Å². The smallest absolute Gasteiger partial charge is 0.262 e. The quantitative estimate of drug-likeness (QED) is 0.764. The molecule has 1 saturated heterocycles. The molecule has 0 bridgehead atoms. The summed E-state index contributed by atoms with van der Waals surface area (Å²) in [4.78, 5) is 53.9. The standard InChI is InChI=1S/C23H23N3O4/c24-20(27)16-9-6-12-25(14-16)23(30)19(13-15-7-2-1-3-8-15)26-21(28)17-10-4-5-11-18(17)22(26)29/h1-5,7-8,10-11,16,19H,6,9,12-14H2,(H2,24,27)/t16-,19-/m1/s1. The molecule has 2 atom stereocenters. The van der Waals surface area contributed by atoms with Crippen LogP contribution in [-0.2, 0) is 16.0 Å². The van der Waals surface area contributed by atoms with Crippen molar-refractivity contribution < 1.29 is 19.2 Å². The van der Waals surface area contributed by atoms with Crippen molar-refractivity contribution in [2.24, 2.45) is 11.7 Å². The van der Waals surface area contributed by atoms with Crippen molar-refractivity contribution >= 4 is 23.6 Å². The predicted molar refractivity (Wildman–Crippen MR) is 109 cm³/mol. The summed E-state index contributed by atoms with van der Waals surface area (Å²) in [5.41, 5.74) is 6.92. The van der Waals surface area contributed by atoms with E-state index in [-0.39, 0.29) is 18.9 Å². The van der Waals surface area contributed by atoms with Gasteiger partial charge in [-0.25, -0.2) is 0 Å². The van der Waals surface area contributed by atoms with E-state index in [9.17, 15) is 19.2 Å². The summed E-state index contributed by atoms with van der Waals surface area (Å²) in [6.45, 7) is 0.680. The fraction of sp³-hybridized carbons (Fsp3) is 0.304. The normalized spacial score (nSPS) is 19.5. The van der Waals surface area contributed by atoms with Gasteiger partial charge in [0.2, 0.25) is 11.8 Å².